The number of allylic oxidation sites excluding steroid dienone is 5. The number of carbonyl (C=O) groups is 1. The molecule has 1 N–H and O–H groups in total. The number of carboxylic acid groups (broad SMARTS) is 1. The average Bonchev–Trinajstić information content (AvgIpc) is 3.25. The van der Waals surface area contributed by atoms with Gasteiger partial charge in [-0.25, -0.2) is 0 Å². The SMILES string of the molecule is C/C=C(\C)c1ccc(SN2\C=C(CCC(=O)O)/C(CC)=C/C(OCC)=C\C2)s1.C=C.FC(F)(F)Cl. The third-order valence-corrected chi connectivity index (χ3v) is 6.71. The molecule has 1 aromatic rings. The van der Waals surface area contributed by atoms with Crippen molar-refractivity contribution in [2.75, 3.05) is 13.2 Å². The van der Waals surface area contributed by atoms with Crippen molar-refractivity contribution in [2.24, 2.45) is 0 Å². The number of alkyl halides is 4. The number of aliphatic carboxylic acids is 1. The van der Waals surface area contributed by atoms with E-state index in [1.165, 1.54) is 14.7 Å². The molecule has 2 rings (SSSR count). The Morgan fingerprint density at radius 2 is 1.94 bits per heavy atom. The lowest BCUT2D eigenvalue weighted by atomic mass is 9.98. The molecule has 1 aliphatic heterocycles. The number of ether oxygens (including phenoxy) is 1. The van der Waals surface area contributed by atoms with Gasteiger partial charge in [0.25, 0.3) is 0 Å². The normalized spacial score (nSPS) is 18.6. The van der Waals surface area contributed by atoms with Crippen LogP contribution in [0.15, 0.2) is 70.8 Å². The Morgan fingerprint density at radius 3 is 2.46 bits per heavy atom. The lowest BCUT2D eigenvalue weighted by Crippen LogP contribution is -2.13. The molecule has 1 aromatic heterocycles. The molecule has 10 heteroatoms. The van der Waals surface area contributed by atoms with Gasteiger partial charge in [-0.3, -0.25) is 4.79 Å². The third kappa shape index (κ3) is 14.8. The van der Waals surface area contributed by atoms with Crippen molar-refractivity contribution >= 4 is 46.4 Å². The molecule has 0 bridgehead atoms. The van der Waals surface area contributed by atoms with Crippen LogP contribution in [0.25, 0.3) is 5.57 Å². The van der Waals surface area contributed by atoms with Gasteiger partial charge in [-0.1, -0.05) is 13.0 Å². The molecule has 0 spiro atoms. The monoisotopic (exact) mass is 551 g/mol. The maximum Gasteiger partial charge on any atom is 0.475 e. The van der Waals surface area contributed by atoms with E-state index < -0.39 is 11.6 Å². The summed E-state index contributed by atoms with van der Waals surface area (Å²) in [6.45, 7) is 15.5. The van der Waals surface area contributed by atoms with Crippen LogP contribution in [0.3, 0.4) is 0 Å². The van der Waals surface area contributed by atoms with Gasteiger partial charge in [0.05, 0.1) is 17.4 Å². The molecule has 0 atom stereocenters. The number of hydrogen-bond donors (Lipinski definition) is 1. The fourth-order valence-electron chi connectivity index (χ4n) is 2.78. The van der Waals surface area contributed by atoms with E-state index in [-0.39, 0.29) is 6.42 Å². The second-order valence-electron chi connectivity index (χ2n) is 6.82. The fourth-order valence-corrected chi connectivity index (χ4v) is 4.94. The summed E-state index contributed by atoms with van der Waals surface area (Å²) in [4.78, 5) is 12.4. The van der Waals surface area contributed by atoms with Gasteiger partial charge < -0.3 is 14.1 Å². The van der Waals surface area contributed by atoms with Gasteiger partial charge >= 0.3 is 11.6 Å². The molecule has 1 aliphatic rings. The van der Waals surface area contributed by atoms with Crippen molar-refractivity contribution in [1.82, 2.24) is 4.31 Å². The van der Waals surface area contributed by atoms with Crippen LogP contribution in [0.5, 0.6) is 0 Å². The minimum absolute atomic E-state index is 0.124. The van der Waals surface area contributed by atoms with Gasteiger partial charge in [0, 0.05) is 17.5 Å². The number of rotatable bonds is 9. The maximum absolute atomic E-state index is 11.1. The first-order valence-corrected chi connectivity index (χ1v) is 12.8. The molecule has 0 saturated heterocycles. The van der Waals surface area contributed by atoms with E-state index in [0.29, 0.717) is 19.6 Å². The van der Waals surface area contributed by atoms with Crippen LogP contribution in [0, 0.1) is 0 Å². The molecule has 4 nitrogen and oxygen atoms in total. The second-order valence-corrected chi connectivity index (χ2v) is 9.68. The minimum Gasteiger partial charge on any atom is -0.494 e. The third-order valence-electron chi connectivity index (χ3n) is 4.41. The fraction of sp³-hybridized carbons (Fsp3) is 0.400. The topological polar surface area (TPSA) is 49.8 Å². The summed E-state index contributed by atoms with van der Waals surface area (Å²) in [5.41, 5.74) is -1.07. The zero-order chi connectivity index (χ0) is 27.0. The predicted molar refractivity (Wildman–Crippen MR) is 142 cm³/mol. The molecule has 0 saturated carbocycles. The van der Waals surface area contributed by atoms with Crippen LogP contribution in [-0.4, -0.2) is 34.2 Å². The maximum atomic E-state index is 11.1. The van der Waals surface area contributed by atoms with E-state index in [9.17, 15) is 18.0 Å². The van der Waals surface area contributed by atoms with Crippen molar-refractivity contribution in [2.45, 2.75) is 56.8 Å². The van der Waals surface area contributed by atoms with Crippen LogP contribution in [0.1, 0.15) is 51.8 Å². The van der Waals surface area contributed by atoms with Crippen molar-refractivity contribution < 1.29 is 27.8 Å². The Hall–Kier alpha value is -2.10. The molecule has 2 heterocycles. The molecular formula is C25H33ClF3NO3S2. The first-order chi connectivity index (χ1) is 16.5. The minimum atomic E-state index is -4.53. The van der Waals surface area contributed by atoms with Gasteiger partial charge in [-0.15, -0.1) is 24.5 Å². The smallest absolute Gasteiger partial charge is 0.475 e. The summed E-state index contributed by atoms with van der Waals surface area (Å²) >= 11 is 6.98. The molecule has 0 aromatic carbocycles. The van der Waals surface area contributed by atoms with E-state index >= 15 is 0 Å². The highest BCUT2D eigenvalue weighted by molar-refractivity contribution is 7.99. The highest BCUT2D eigenvalue weighted by Crippen LogP contribution is 2.35. The summed E-state index contributed by atoms with van der Waals surface area (Å²) < 4.78 is 39.5. The zero-order valence-electron chi connectivity index (χ0n) is 20.5. The number of nitrogens with zero attached hydrogens (tertiary/aromatic N) is 1. The Bertz CT molecular complexity index is 915. The molecule has 0 aliphatic carbocycles. The summed E-state index contributed by atoms with van der Waals surface area (Å²) in [5, 5.41) is 9.14. The number of halogens is 4. The van der Waals surface area contributed by atoms with Gasteiger partial charge in [0.15, 0.2) is 0 Å². The van der Waals surface area contributed by atoms with Crippen LogP contribution in [-0.2, 0) is 9.53 Å². The molecular weight excluding hydrogens is 519 g/mol. The van der Waals surface area contributed by atoms with Gasteiger partial charge in [-0.2, -0.15) is 13.2 Å². The van der Waals surface area contributed by atoms with Crippen LogP contribution >= 0.6 is 34.9 Å². The van der Waals surface area contributed by atoms with E-state index in [4.69, 9.17) is 9.84 Å². The first kappa shape index (κ1) is 32.9. The van der Waals surface area contributed by atoms with Crippen molar-refractivity contribution in [3.8, 4) is 0 Å². The standard InChI is InChI=1S/C22H29NO3S2.C2H4.CClF3/c1-5-16(4)20-9-11-22(27-20)28-23-13-12-19(26-7-3)14-17(6-2)18(15-23)8-10-21(24)25;1-2;2-1(3,4)5/h5,9,11-12,14-15H,6-8,10,13H2,1-4H3,(H,24,25);1-2H2;/b16-5+,17-14+,18-15-,19-12+;;. The summed E-state index contributed by atoms with van der Waals surface area (Å²) in [5.74, 6) is 0.0745. The van der Waals surface area contributed by atoms with Crippen molar-refractivity contribution in [3.05, 3.63) is 71.5 Å². The second kappa shape index (κ2) is 17.3. The quantitative estimate of drug-likeness (QED) is 0.188. The van der Waals surface area contributed by atoms with Crippen LogP contribution in [0.4, 0.5) is 13.2 Å². The van der Waals surface area contributed by atoms with Crippen molar-refractivity contribution in [3.63, 3.8) is 0 Å². The lowest BCUT2D eigenvalue weighted by molar-refractivity contribution is -0.136. The van der Waals surface area contributed by atoms with E-state index in [0.717, 1.165) is 23.3 Å². The molecule has 0 fully saturated rings. The van der Waals surface area contributed by atoms with Crippen LogP contribution in [0.2, 0.25) is 0 Å². The van der Waals surface area contributed by atoms with Crippen LogP contribution < -0.4 is 0 Å². The van der Waals surface area contributed by atoms with Gasteiger partial charge in [-0.05, 0) is 98.2 Å². The van der Waals surface area contributed by atoms with Gasteiger partial charge in [0.1, 0.15) is 5.76 Å². The highest BCUT2D eigenvalue weighted by Gasteiger charge is 2.20. The van der Waals surface area contributed by atoms with E-state index in [1.807, 2.05) is 6.92 Å². The zero-order valence-corrected chi connectivity index (χ0v) is 22.8. The number of thiophene rings is 1. The lowest BCUT2D eigenvalue weighted by Gasteiger charge is -2.23. The molecule has 196 valence electrons. The Morgan fingerprint density at radius 1 is 1.31 bits per heavy atom. The average molecular weight is 552 g/mol. The number of carboxylic acids is 1. The van der Waals surface area contributed by atoms with E-state index in [2.05, 4.69) is 86.4 Å². The first-order valence-electron chi connectivity index (χ1n) is 10.9. The molecule has 35 heavy (non-hydrogen) atoms. The molecule has 0 unspecified atom stereocenters. The Balaban J connectivity index is 0.00000146. The van der Waals surface area contributed by atoms with Gasteiger partial charge in [0.2, 0.25) is 0 Å². The highest BCUT2D eigenvalue weighted by atomic mass is 35.5. The van der Waals surface area contributed by atoms with Crippen molar-refractivity contribution in [1.29, 1.82) is 0 Å². The summed E-state index contributed by atoms with van der Waals surface area (Å²) in [6.07, 6.45) is 9.83. The summed E-state index contributed by atoms with van der Waals surface area (Å²) in [6, 6.07) is 4.30. The molecule has 0 radical (unpaired) electrons. The summed E-state index contributed by atoms with van der Waals surface area (Å²) in [7, 11) is 0. The Labute approximate surface area is 219 Å². The Kier molecular flexibility index (Phi) is 16.3. The largest absolute Gasteiger partial charge is 0.494 e. The predicted octanol–water partition coefficient (Wildman–Crippen LogP) is 9.05. The molecule has 0 amide bonds. The number of hydrogen-bond acceptors (Lipinski definition) is 5. The van der Waals surface area contributed by atoms with E-state index in [1.54, 1.807) is 23.3 Å².